The summed E-state index contributed by atoms with van der Waals surface area (Å²) in [6.45, 7) is 4.45. The predicted octanol–water partition coefficient (Wildman–Crippen LogP) is 3.76. The van der Waals surface area contributed by atoms with Crippen molar-refractivity contribution in [3.05, 3.63) is 53.6 Å². The zero-order chi connectivity index (χ0) is 22.8. The lowest BCUT2D eigenvalue weighted by atomic mass is 9.67. The number of esters is 1. The molecule has 32 heavy (non-hydrogen) atoms. The Bertz CT molecular complexity index is 1030. The summed E-state index contributed by atoms with van der Waals surface area (Å²) in [7, 11) is 6.37. The van der Waals surface area contributed by atoms with Crippen molar-refractivity contribution in [3.63, 3.8) is 0 Å². The van der Waals surface area contributed by atoms with Gasteiger partial charge in [-0.3, -0.25) is 4.79 Å². The summed E-state index contributed by atoms with van der Waals surface area (Å²) < 4.78 is 33.8. The molecule has 2 aromatic rings. The van der Waals surface area contributed by atoms with Crippen LogP contribution in [-0.2, 0) is 16.0 Å². The van der Waals surface area contributed by atoms with Gasteiger partial charge in [0.15, 0.2) is 23.0 Å². The van der Waals surface area contributed by atoms with Crippen LogP contribution in [0.15, 0.2) is 36.9 Å². The second-order valence-electron chi connectivity index (χ2n) is 7.83. The summed E-state index contributed by atoms with van der Waals surface area (Å²) >= 11 is 0. The first kappa shape index (κ1) is 21.9. The molecule has 0 radical (unpaired) electrons. The molecule has 1 aliphatic heterocycles. The van der Waals surface area contributed by atoms with Crippen LogP contribution in [0.5, 0.6) is 28.7 Å². The number of carbonyl (C=O) groups excluding carboxylic acids is 1. The highest BCUT2D eigenvalue weighted by atomic mass is 16.5. The maximum Gasteiger partial charge on any atom is 0.310 e. The molecular weight excluding hydrogens is 412 g/mol. The third-order valence-electron chi connectivity index (χ3n) is 6.23. The van der Waals surface area contributed by atoms with Crippen LogP contribution in [0.2, 0.25) is 0 Å². The largest absolute Gasteiger partial charge is 0.493 e. The number of hydrogen-bond donors (Lipinski definition) is 0. The molecule has 1 saturated heterocycles. The molecule has 0 aromatic heterocycles. The summed E-state index contributed by atoms with van der Waals surface area (Å²) in [6.07, 6.45) is 2.36. The van der Waals surface area contributed by atoms with E-state index in [4.69, 9.17) is 28.4 Å². The number of methoxy groups -OCH3 is 4. The van der Waals surface area contributed by atoms with Crippen LogP contribution in [0.25, 0.3) is 0 Å². The molecule has 170 valence electrons. The molecule has 1 heterocycles. The van der Waals surface area contributed by atoms with E-state index >= 15 is 0 Å². The van der Waals surface area contributed by atoms with Crippen molar-refractivity contribution in [1.29, 1.82) is 0 Å². The first-order valence-corrected chi connectivity index (χ1v) is 10.5. The highest BCUT2D eigenvalue weighted by Crippen LogP contribution is 2.55. The molecule has 7 heteroatoms. The molecule has 7 nitrogen and oxygen atoms in total. The normalized spacial score (nSPS) is 21.1. The summed E-state index contributed by atoms with van der Waals surface area (Å²) in [5, 5.41) is 0. The van der Waals surface area contributed by atoms with Gasteiger partial charge in [-0.15, -0.1) is 0 Å². The van der Waals surface area contributed by atoms with Gasteiger partial charge in [0, 0.05) is 17.4 Å². The third-order valence-corrected chi connectivity index (χ3v) is 6.23. The van der Waals surface area contributed by atoms with Crippen molar-refractivity contribution < 1.29 is 33.2 Å². The van der Waals surface area contributed by atoms with Crippen LogP contribution in [0, 0.1) is 11.8 Å². The Morgan fingerprint density at radius 3 is 2.41 bits per heavy atom. The van der Waals surface area contributed by atoms with E-state index in [1.54, 1.807) is 34.5 Å². The Morgan fingerprint density at radius 1 is 1.00 bits per heavy atom. The van der Waals surface area contributed by atoms with Crippen LogP contribution in [0.1, 0.15) is 22.6 Å². The van der Waals surface area contributed by atoms with E-state index in [2.05, 4.69) is 6.58 Å². The summed E-state index contributed by atoms with van der Waals surface area (Å²) in [5.41, 5.74) is 2.86. The first-order chi connectivity index (χ1) is 15.6. The number of carbonyl (C=O) groups is 1. The van der Waals surface area contributed by atoms with E-state index in [-0.39, 0.29) is 23.7 Å². The molecule has 1 aliphatic carbocycles. The van der Waals surface area contributed by atoms with Crippen LogP contribution in [0.3, 0.4) is 0 Å². The van der Waals surface area contributed by atoms with Gasteiger partial charge >= 0.3 is 5.97 Å². The molecule has 4 rings (SSSR count). The molecular formula is C25H28O7. The molecule has 0 amide bonds. The smallest absolute Gasteiger partial charge is 0.310 e. The maximum atomic E-state index is 12.9. The van der Waals surface area contributed by atoms with Gasteiger partial charge in [0.25, 0.3) is 0 Å². The minimum absolute atomic E-state index is 0.0578. The summed E-state index contributed by atoms with van der Waals surface area (Å²) in [4.78, 5) is 12.9. The van der Waals surface area contributed by atoms with Crippen LogP contribution in [-0.4, -0.2) is 47.6 Å². The number of benzene rings is 2. The van der Waals surface area contributed by atoms with E-state index in [0.717, 1.165) is 16.7 Å². The fourth-order valence-corrected chi connectivity index (χ4v) is 4.90. The fourth-order valence-electron chi connectivity index (χ4n) is 4.90. The van der Waals surface area contributed by atoms with E-state index in [1.807, 2.05) is 24.3 Å². The van der Waals surface area contributed by atoms with Gasteiger partial charge < -0.3 is 28.4 Å². The quantitative estimate of drug-likeness (QED) is 0.457. The molecule has 0 saturated carbocycles. The van der Waals surface area contributed by atoms with Gasteiger partial charge in [-0.25, -0.2) is 0 Å². The second-order valence-corrected chi connectivity index (χ2v) is 7.83. The van der Waals surface area contributed by atoms with Crippen molar-refractivity contribution >= 4 is 5.97 Å². The van der Waals surface area contributed by atoms with Crippen molar-refractivity contribution in [2.45, 2.75) is 12.3 Å². The molecule has 1 fully saturated rings. The van der Waals surface area contributed by atoms with E-state index in [1.165, 1.54) is 0 Å². The standard InChI is InChI=1S/C25H28O7/c1-6-9-31-18-11-14(7-8-17(18)27-2)20-21-15(10-16-13-32-25(26)22(16)20)12-19(28-3)23(29-4)24(21)30-5/h6-8,11-12,16,20,22H,1,9-10,13H2,2-5H3/t16-,20-,22-/m0/s1. The molecule has 3 atom stereocenters. The van der Waals surface area contributed by atoms with Gasteiger partial charge in [-0.2, -0.15) is 0 Å². The summed E-state index contributed by atoms with van der Waals surface area (Å²) in [6, 6.07) is 7.70. The Hall–Kier alpha value is -3.35. The minimum atomic E-state index is -0.338. The highest BCUT2D eigenvalue weighted by molar-refractivity contribution is 5.79. The van der Waals surface area contributed by atoms with Crippen LogP contribution in [0.4, 0.5) is 0 Å². The zero-order valence-electron chi connectivity index (χ0n) is 18.8. The van der Waals surface area contributed by atoms with Gasteiger partial charge in [0.05, 0.1) is 41.0 Å². The second kappa shape index (κ2) is 9.02. The SMILES string of the molecule is C=CCOc1cc([C@H]2c3c(cc(OC)c(OC)c3OC)C[C@H]3COC(=O)[C@@H]32)ccc1OC. The maximum absolute atomic E-state index is 12.9. The van der Waals surface area contributed by atoms with E-state index in [9.17, 15) is 4.79 Å². The van der Waals surface area contributed by atoms with Gasteiger partial charge in [0.1, 0.15) is 6.61 Å². The molecule has 2 aromatic carbocycles. The van der Waals surface area contributed by atoms with E-state index < -0.39 is 0 Å². The molecule has 0 bridgehead atoms. The molecule has 0 N–H and O–H groups in total. The number of fused-ring (bicyclic) bond motifs is 2. The minimum Gasteiger partial charge on any atom is -0.493 e. The molecule has 0 unspecified atom stereocenters. The Balaban J connectivity index is 1.95. The van der Waals surface area contributed by atoms with E-state index in [0.29, 0.717) is 48.4 Å². The Morgan fingerprint density at radius 2 is 1.75 bits per heavy atom. The average Bonchev–Trinajstić information content (AvgIpc) is 3.19. The Kier molecular flexibility index (Phi) is 6.17. The van der Waals surface area contributed by atoms with Crippen molar-refractivity contribution in [2.75, 3.05) is 41.7 Å². The van der Waals surface area contributed by atoms with Gasteiger partial charge in [0.2, 0.25) is 5.75 Å². The van der Waals surface area contributed by atoms with Crippen LogP contribution >= 0.6 is 0 Å². The lowest BCUT2D eigenvalue weighted by Crippen LogP contribution is -2.32. The lowest BCUT2D eigenvalue weighted by Gasteiger charge is -2.35. The van der Waals surface area contributed by atoms with Crippen LogP contribution < -0.4 is 23.7 Å². The van der Waals surface area contributed by atoms with Crippen molar-refractivity contribution in [1.82, 2.24) is 0 Å². The van der Waals surface area contributed by atoms with Crippen molar-refractivity contribution in [2.24, 2.45) is 11.8 Å². The average molecular weight is 440 g/mol. The lowest BCUT2D eigenvalue weighted by molar-refractivity contribution is -0.141. The number of hydrogen-bond acceptors (Lipinski definition) is 7. The predicted molar refractivity (Wildman–Crippen MR) is 118 cm³/mol. The fraction of sp³-hybridized carbons (Fsp3) is 0.400. The van der Waals surface area contributed by atoms with Gasteiger partial charge in [-0.05, 0) is 35.7 Å². The monoisotopic (exact) mass is 440 g/mol. The topological polar surface area (TPSA) is 72.5 Å². The highest BCUT2D eigenvalue weighted by Gasteiger charge is 2.49. The summed E-state index contributed by atoms with van der Waals surface area (Å²) in [5.74, 6) is 2.07. The zero-order valence-corrected chi connectivity index (χ0v) is 18.8. The third kappa shape index (κ3) is 3.51. The number of cyclic esters (lactones) is 1. The molecule has 0 spiro atoms. The molecule has 2 aliphatic rings. The van der Waals surface area contributed by atoms with Crippen molar-refractivity contribution in [3.8, 4) is 28.7 Å². The number of ether oxygens (including phenoxy) is 6. The van der Waals surface area contributed by atoms with Gasteiger partial charge in [-0.1, -0.05) is 18.7 Å². The Labute approximate surface area is 187 Å². The number of rotatable bonds is 8. The first-order valence-electron chi connectivity index (χ1n) is 10.5.